The highest BCUT2D eigenvalue weighted by molar-refractivity contribution is 6.03. The predicted octanol–water partition coefficient (Wildman–Crippen LogP) is 4.17. The summed E-state index contributed by atoms with van der Waals surface area (Å²) in [6.07, 6.45) is 0.642. The van der Waals surface area contributed by atoms with Crippen molar-refractivity contribution in [3.05, 3.63) is 71.4 Å². The van der Waals surface area contributed by atoms with Gasteiger partial charge in [-0.15, -0.1) is 0 Å². The summed E-state index contributed by atoms with van der Waals surface area (Å²) in [5.41, 5.74) is 1.39. The molecule has 0 aliphatic carbocycles. The molecule has 0 unspecified atom stereocenters. The van der Waals surface area contributed by atoms with E-state index >= 15 is 0 Å². The van der Waals surface area contributed by atoms with Crippen LogP contribution in [0.25, 0.3) is 10.9 Å². The summed E-state index contributed by atoms with van der Waals surface area (Å²) < 4.78 is 28.3. The van der Waals surface area contributed by atoms with Gasteiger partial charge in [-0.05, 0) is 30.7 Å². The van der Waals surface area contributed by atoms with Crippen LogP contribution in [0.5, 0.6) is 0 Å². The third kappa shape index (κ3) is 2.23. The number of benzene rings is 2. The molecule has 0 bridgehead atoms. The number of hydrogen-bond donors (Lipinski definition) is 0. The van der Waals surface area contributed by atoms with E-state index in [0.717, 1.165) is 28.7 Å². The first kappa shape index (κ1) is 13.5. The van der Waals surface area contributed by atoms with Gasteiger partial charge in [0.05, 0.1) is 11.1 Å². The molecule has 1 aromatic heterocycles. The maximum atomic E-state index is 13.9. The molecule has 0 saturated carbocycles. The lowest BCUT2D eigenvalue weighted by molar-refractivity contribution is 0.0958. The number of aryl methyl sites for hydroxylation is 1. The Hall–Kier alpha value is -2.49. The number of carbonyl (C=O) groups excluding carboxylic acids is 1. The summed E-state index contributed by atoms with van der Waals surface area (Å²) in [6, 6.07) is 12.3. The maximum Gasteiger partial charge on any atom is 0.265 e. The van der Waals surface area contributed by atoms with Crippen molar-refractivity contribution < 1.29 is 13.6 Å². The Morgan fingerprint density at radius 2 is 1.86 bits per heavy atom. The zero-order chi connectivity index (χ0) is 15.0. The van der Waals surface area contributed by atoms with E-state index in [4.69, 9.17) is 0 Å². The van der Waals surface area contributed by atoms with E-state index in [0.29, 0.717) is 6.42 Å². The van der Waals surface area contributed by atoms with Crippen molar-refractivity contribution in [1.82, 2.24) is 4.57 Å². The summed E-state index contributed by atoms with van der Waals surface area (Å²) in [4.78, 5) is 12.6. The molecule has 0 fully saturated rings. The maximum absolute atomic E-state index is 13.9. The van der Waals surface area contributed by atoms with Crippen LogP contribution in [0.15, 0.2) is 48.5 Å². The van der Waals surface area contributed by atoms with E-state index in [-0.39, 0.29) is 5.56 Å². The van der Waals surface area contributed by atoms with Crippen molar-refractivity contribution in [2.45, 2.75) is 13.3 Å². The van der Waals surface area contributed by atoms with Gasteiger partial charge < -0.3 is 0 Å². The molecule has 0 atom stereocenters. The second-order valence-electron chi connectivity index (χ2n) is 4.81. The number of hydrogen-bond acceptors (Lipinski definition) is 1. The van der Waals surface area contributed by atoms with Gasteiger partial charge in [-0.3, -0.25) is 9.36 Å². The highest BCUT2D eigenvalue weighted by atomic mass is 19.1. The van der Waals surface area contributed by atoms with Crippen molar-refractivity contribution in [3.8, 4) is 0 Å². The number of nitrogens with zero attached hydrogens (tertiary/aromatic N) is 1. The number of halogens is 2. The number of fused-ring (bicyclic) bond motifs is 1. The van der Waals surface area contributed by atoms with Gasteiger partial charge in [0.2, 0.25) is 0 Å². The monoisotopic (exact) mass is 285 g/mol. The molecule has 0 aliphatic rings. The van der Waals surface area contributed by atoms with Crippen LogP contribution in [0.2, 0.25) is 0 Å². The third-order valence-corrected chi connectivity index (χ3v) is 3.51. The summed E-state index contributed by atoms with van der Waals surface area (Å²) in [5, 5.41) is 0.921. The molecule has 21 heavy (non-hydrogen) atoms. The van der Waals surface area contributed by atoms with Gasteiger partial charge in [0, 0.05) is 17.1 Å². The number of carbonyl (C=O) groups is 1. The quantitative estimate of drug-likeness (QED) is 0.692. The topological polar surface area (TPSA) is 22.0 Å². The molecule has 0 aliphatic heterocycles. The van der Waals surface area contributed by atoms with Crippen molar-refractivity contribution in [2.75, 3.05) is 0 Å². The molecule has 2 aromatic carbocycles. The Kier molecular flexibility index (Phi) is 3.29. The van der Waals surface area contributed by atoms with Crippen molar-refractivity contribution in [3.63, 3.8) is 0 Å². The molecule has 1 heterocycles. The highest BCUT2D eigenvalue weighted by Gasteiger charge is 2.19. The van der Waals surface area contributed by atoms with Crippen LogP contribution in [-0.2, 0) is 6.42 Å². The molecule has 0 amide bonds. The molecular weight excluding hydrogens is 272 g/mol. The predicted molar refractivity (Wildman–Crippen MR) is 77.4 cm³/mol. The summed E-state index contributed by atoms with van der Waals surface area (Å²) in [7, 11) is 0. The van der Waals surface area contributed by atoms with Crippen LogP contribution in [0, 0.1) is 11.6 Å². The SMILES string of the molecule is CCc1cc2ccccc2n1C(=O)c1ccc(F)cc1F. The Balaban J connectivity index is 2.21. The summed E-state index contributed by atoms with van der Waals surface area (Å²) >= 11 is 0. The van der Waals surface area contributed by atoms with Crippen LogP contribution in [0.3, 0.4) is 0 Å². The molecule has 3 rings (SSSR count). The first-order valence-electron chi connectivity index (χ1n) is 6.71. The van der Waals surface area contributed by atoms with E-state index < -0.39 is 17.5 Å². The van der Waals surface area contributed by atoms with Crippen molar-refractivity contribution in [2.24, 2.45) is 0 Å². The standard InChI is InChI=1S/C17H13F2NO/c1-2-13-9-11-5-3-4-6-16(11)20(13)17(21)14-8-7-12(18)10-15(14)19/h3-10H,2H2,1H3. The third-order valence-electron chi connectivity index (χ3n) is 3.51. The van der Waals surface area contributed by atoms with Gasteiger partial charge in [0.1, 0.15) is 11.6 Å². The fourth-order valence-corrected chi connectivity index (χ4v) is 2.50. The van der Waals surface area contributed by atoms with Gasteiger partial charge >= 0.3 is 0 Å². The van der Waals surface area contributed by atoms with Crippen LogP contribution in [0.4, 0.5) is 8.78 Å². The van der Waals surface area contributed by atoms with Crippen LogP contribution >= 0.6 is 0 Å². The van der Waals surface area contributed by atoms with E-state index in [9.17, 15) is 13.6 Å². The molecular formula is C17H13F2NO. The fraction of sp³-hybridized carbons (Fsp3) is 0.118. The van der Waals surface area contributed by atoms with Crippen molar-refractivity contribution >= 4 is 16.8 Å². The Morgan fingerprint density at radius 3 is 2.57 bits per heavy atom. The lowest BCUT2D eigenvalue weighted by Crippen LogP contribution is -2.16. The minimum atomic E-state index is -0.847. The minimum absolute atomic E-state index is 0.132. The number of rotatable bonds is 2. The van der Waals surface area contributed by atoms with Crippen LogP contribution in [0.1, 0.15) is 23.0 Å². The first-order chi connectivity index (χ1) is 10.1. The lowest BCUT2D eigenvalue weighted by atomic mass is 10.2. The molecule has 106 valence electrons. The smallest absolute Gasteiger partial charge is 0.265 e. The van der Waals surface area contributed by atoms with Gasteiger partial charge in [-0.1, -0.05) is 25.1 Å². The van der Waals surface area contributed by atoms with E-state index in [1.54, 1.807) is 0 Å². The van der Waals surface area contributed by atoms with E-state index in [2.05, 4.69) is 0 Å². The molecule has 3 aromatic rings. The fourth-order valence-electron chi connectivity index (χ4n) is 2.50. The molecule has 0 spiro atoms. The Morgan fingerprint density at radius 1 is 1.10 bits per heavy atom. The average molecular weight is 285 g/mol. The normalized spacial score (nSPS) is 11.0. The second-order valence-corrected chi connectivity index (χ2v) is 4.81. The van der Waals surface area contributed by atoms with E-state index in [1.807, 2.05) is 37.3 Å². The highest BCUT2D eigenvalue weighted by Crippen LogP contribution is 2.22. The molecule has 0 radical (unpaired) electrons. The molecule has 4 heteroatoms. The van der Waals surface area contributed by atoms with Gasteiger partial charge in [-0.25, -0.2) is 8.78 Å². The first-order valence-corrected chi connectivity index (χ1v) is 6.71. The van der Waals surface area contributed by atoms with Gasteiger partial charge in [-0.2, -0.15) is 0 Å². The number of aromatic nitrogens is 1. The average Bonchev–Trinajstić information content (AvgIpc) is 2.85. The lowest BCUT2D eigenvalue weighted by Gasteiger charge is -2.09. The van der Waals surface area contributed by atoms with Gasteiger partial charge in [0.25, 0.3) is 5.91 Å². The van der Waals surface area contributed by atoms with Crippen LogP contribution < -0.4 is 0 Å². The van der Waals surface area contributed by atoms with Crippen LogP contribution in [-0.4, -0.2) is 10.5 Å². The Labute approximate surface area is 120 Å². The van der Waals surface area contributed by atoms with E-state index in [1.165, 1.54) is 10.6 Å². The summed E-state index contributed by atoms with van der Waals surface area (Å²) in [6.45, 7) is 1.93. The molecule has 2 nitrogen and oxygen atoms in total. The molecule has 0 saturated heterocycles. The van der Waals surface area contributed by atoms with Gasteiger partial charge in [0.15, 0.2) is 0 Å². The summed E-state index contributed by atoms with van der Waals surface area (Å²) in [5.74, 6) is -2.03. The Bertz CT molecular complexity index is 836. The number of para-hydroxylation sites is 1. The zero-order valence-electron chi connectivity index (χ0n) is 11.4. The second kappa shape index (κ2) is 5.13. The van der Waals surface area contributed by atoms with Crippen molar-refractivity contribution in [1.29, 1.82) is 0 Å². The zero-order valence-corrected chi connectivity index (χ0v) is 11.4. The minimum Gasteiger partial charge on any atom is -0.280 e. The largest absolute Gasteiger partial charge is 0.280 e. The molecule has 0 N–H and O–H groups in total.